The summed E-state index contributed by atoms with van der Waals surface area (Å²) in [7, 11) is 0. The molecule has 0 saturated carbocycles. The van der Waals surface area contributed by atoms with Crippen LogP contribution in [0.4, 0.5) is 11.4 Å². The Kier molecular flexibility index (Phi) is 8.82. The van der Waals surface area contributed by atoms with Crippen LogP contribution in [0.25, 0.3) is 0 Å². The average Bonchev–Trinajstić information content (AvgIpc) is 3.56. The fourth-order valence-corrected chi connectivity index (χ4v) is 5.37. The van der Waals surface area contributed by atoms with Gasteiger partial charge in [0.1, 0.15) is 16.7 Å². The standard InChI is InChI=1S/C28H33N5O5S/c1-4-37-19-10-8-18(9-11-19)24(27(35)31-15-20-6-5-13-38-20)33(21-12-7-16(2)14-17(21)3)28(36)25-22(29)23(26(30)34)32-39-25/h7-12,14,20,24H,4-6,13,15,29H2,1-3H3,(H2,30,34)(H,31,35)/t20-,24+/m1/s1. The molecule has 1 aliphatic heterocycles. The first-order chi connectivity index (χ1) is 18.7. The molecule has 5 N–H and O–H groups in total. The van der Waals surface area contributed by atoms with Crippen LogP contribution in [-0.2, 0) is 9.53 Å². The molecule has 2 atom stereocenters. The molecule has 11 heteroatoms. The van der Waals surface area contributed by atoms with Gasteiger partial charge in [0.05, 0.1) is 18.4 Å². The molecule has 1 fully saturated rings. The number of carbonyl (C=O) groups excluding carboxylic acids is 3. The Hall–Kier alpha value is -3.96. The Morgan fingerprint density at radius 2 is 1.95 bits per heavy atom. The summed E-state index contributed by atoms with van der Waals surface area (Å²) in [5, 5.41) is 2.98. The number of hydrogen-bond donors (Lipinski definition) is 3. The van der Waals surface area contributed by atoms with Gasteiger partial charge in [-0.15, -0.1) is 0 Å². The van der Waals surface area contributed by atoms with Gasteiger partial charge < -0.3 is 26.3 Å². The Bertz CT molecular complexity index is 1350. The maximum absolute atomic E-state index is 14.2. The van der Waals surface area contributed by atoms with E-state index in [1.54, 1.807) is 30.3 Å². The number of nitrogens with one attached hydrogen (secondary N) is 1. The van der Waals surface area contributed by atoms with E-state index in [1.807, 2.05) is 32.9 Å². The molecule has 39 heavy (non-hydrogen) atoms. The molecule has 3 amide bonds. The number of nitrogens with zero attached hydrogens (tertiary/aromatic N) is 2. The average molecular weight is 552 g/mol. The summed E-state index contributed by atoms with van der Waals surface area (Å²) < 4.78 is 15.3. The predicted molar refractivity (Wildman–Crippen MR) is 150 cm³/mol. The molecule has 2 heterocycles. The number of hydrogen-bond acceptors (Lipinski definition) is 8. The lowest BCUT2D eigenvalue weighted by atomic mass is 10.00. The highest BCUT2D eigenvalue weighted by Gasteiger charge is 2.37. The molecule has 1 saturated heterocycles. The number of anilines is 2. The van der Waals surface area contributed by atoms with Gasteiger partial charge in [-0.3, -0.25) is 19.3 Å². The maximum Gasteiger partial charge on any atom is 0.273 e. The van der Waals surface area contributed by atoms with Crippen molar-refractivity contribution >= 4 is 40.6 Å². The van der Waals surface area contributed by atoms with Crippen LogP contribution in [0, 0.1) is 13.8 Å². The number of rotatable bonds is 10. The van der Waals surface area contributed by atoms with Gasteiger partial charge in [0.2, 0.25) is 5.91 Å². The number of nitrogens with two attached hydrogens (primary N) is 2. The number of aromatic nitrogens is 1. The number of ether oxygens (including phenoxy) is 2. The van der Waals surface area contributed by atoms with Crippen molar-refractivity contribution in [3.63, 3.8) is 0 Å². The van der Waals surface area contributed by atoms with Crippen molar-refractivity contribution in [1.82, 2.24) is 9.69 Å². The number of benzene rings is 2. The largest absolute Gasteiger partial charge is 0.494 e. The molecular formula is C28H33N5O5S. The van der Waals surface area contributed by atoms with E-state index in [2.05, 4.69) is 9.69 Å². The molecule has 0 spiro atoms. The van der Waals surface area contributed by atoms with E-state index < -0.39 is 17.9 Å². The van der Waals surface area contributed by atoms with E-state index in [0.717, 1.165) is 35.5 Å². The first-order valence-corrected chi connectivity index (χ1v) is 13.6. The van der Waals surface area contributed by atoms with Crippen LogP contribution in [-0.4, -0.2) is 48.0 Å². The molecule has 206 valence electrons. The summed E-state index contributed by atoms with van der Waals surface area (Å²) in [5.74, 6) is -1.16. The fourth-order valence-electron chi connectivity index (χ4n) is 4.63. The Morgan fingerprint density at radius 1 is 1.21 bits per heavy atom. The van der Waals surface area contributed by atoms with E-state index in [-0.39, 0.29) is 28.3 Å². The second-order valence-electron chi connectivity index (χ2n) is 9.39. The van der Waals surface area contributed by atoms with Gasteiger partial charge in [-0.2, -0.15) is 4.37 Å². The first kappa shape index (κ1) is 28.1. The minimum absolute atomic E-state index is 0.0200. The summed E-state index contributed by atoms with van der Waals surface area (Å²) in [5.41, 5.74) is 14.1. The summed E-state index contributed by atoms with van der Waals surface area (Å²) in [6, 6.07) is 11.6. The normalized spacial score (nSPS) is 15.5. The summed E-state index contributed by atoms with van der Waals surface area (Å²) >= 11 is 0.773. The third kappa shape index (κ3) is 6.21. The van der Waals surface area contributed by atoms with Gasteiger partial charge in [-0.1, -0.05) is 29.8 Å². The van der Waals surface area contributed by atoms with Crippen LogP contribution in [0.2, 0.25) is 0 Å². The molecule has 1 aromatic heterocycles. The van der Waals surface area contributed by atoms with Gasteiger partial charge in [-0.25, -0.2) is 0 Å². The minimum atomic E-state index is -1.07. The molecule has 4 rings (SSSR count). The molecule has 0 aliphatic carbocycles. The van der Waals surface area contributed by atoms with Gasteiger partial charge in [0.15, 0.2) is 5.69 Å². The number of amides is 3. The predicted octanol–water partition coefficient (Wildman–Crippen LogP) is 3.52. The van der Waals surface area contributed by atoms with Crippen LogP contribution in [0.1, 0.15) is 62.7 Å². The molecular weight excluding hydrogens is 518 g/mol. The van der Waals surface area contributed by atoms with Crippen LogP contribution < -0.4 is 26.4 Å². The van der Waals surface area contributed by atoms with E-state index in [9.17, 15) is 14.4 Å². The quantitative estimate of drug-likeness (QED) is 0.349. The Morgan fingerprint density at radius 3 is 2.54 bits per heavy atom. The Labute approximate surface area is 231 Å². The third-order valence-corrected chi connectivity index (χ3v) is 7.38. The number of aryl methyl sites for hydroxylation is 2. The van der Waals surface area contributed by atoms with Crippen LogP contribution in [0.15, 0.2) is 42.5 Å². The van der Waals surface area contributed by atoms with Crippen molar-refractivity contribution in [3.05, 3.63) is 69.7 Å². The monoisotopic (exact) mass is 551 g/mol. The van der Waals surface area contributed by atoms with Crippen molar-refractivity contribution in [3.8, 4) is 5.75 Å². The minimum Gasteiger partial charge on any atom is -0.494 e. The zero-order valence-corrected chi connectivity index (χ0v) is 23.0. The molecule has 0 unspecified atom stereocenters. The van der Waals surface area contributed by atoms with E-state index in [4.69, 9.17) is 20.9 Å². The smallest absolute Gasteiger partial charge is 0.273 e. The van der Waals surface area contributed by atoms with E-state index >= 15 is 0 Å². The van der Waals surface area contributed by atoms with Gasteiger partial charge in [-0.05, 0) is 74.5 Å². The lowest BCUT2D eigenvalue weighted by Crippen LogP contribution is -2.46. The topological polar surface area (TPSA) is 150 Å². The SMILES string of the molecule is CCOc1ccc([C@@H](C(=O)NC[C@H]2CCCO2)N(C(=O)c2snc(C(N)=O)c2N)c2ccc(C)cc2C)cc1. The van der Waals surface area contributed by atoms with E-state index in [1.165, 1.54) is 4.90 Å². The summed E-state index contributed by atoms with van der Waals surface area (Å²) in [6.07, 6.45) is 1.69. The van der Waals surface area contributed by atoms with Crippen molar-refractivity contribution in [2.24, 2.45) is 5.73 Å². The third-order valence-electron chi connectivity index (χ3n) is 6.53. The lowest BCUT2D eigenvalue weighted by molar-refractivity contribution is -0.123. The second-order valence-corrected chi connectivity index (χ2v) is 10.2. The van der Waals surface area contributed by atoms with Gasteiger partial charge >= 0.3 is 0 Å². The summed E-state index contributed by atoms with van der Waals surface area (Å²) in [6.45, 7) is 7.16. The molecule has 1 aliphatic rings. The van der Waals surface area contributed by atoms with Crippen LogP contribution in [0.3, 0.4) is 0 Å². The zero-order valence-electron chi connectivity index (χ0n) is 22.2. The molecule has 0 bridgehead atoms. The highest BCUT2D eigenvalue weighted by molar-refractivity contribution is 7.09. The highest BCUT2D eigenvalue weighted by atomic mass is 32.1. The first-order valence-electron chi connectivity index (χ1n) is 12.8. The van der Waals surface area contributed by atoms with Crippen molar-refractivity contribution < 1.29 is 23.9 Å². The van der Waals surface area contributed by atoms with Crippen LogP contribution >= 0.6 is 11.5 Å². The van der Waals surface area contributed by atoms with Gasteiger partial charge in [0.25, 0.3) is 11.8 Å². The van der Waals surface area contributed by atoms with Crippen LogP contribution in [0.5, 0.6) is 5.75 Å². The molecule has 2 aromatic carbocycles. The summed E-state index contributed by atoms with van der Waals surface area (Å²) in [4.78, 5) is 41.4. The second kappa shape index (κ2) is 12.3. The lowest BCUT2D eigenvalue weighted by Gasteiger charge is -2.32. The van der Waals surface area contributed by atoms with Gasteiger partial charge in [0, 0.05) is 18.8 Å². The molecule has 10 nitrogen and oxygen atoms in total. The molecule has 3 aromatic rings. The molecule has 0 radical (unpaired) electrons. The van der Waals surface area contributed by atoms with E-state index in [0.29, 0.717) is 36.8 Å². The fraction of sp³-hybridized carbons (Fsp3) is 0.357. The highest BCUT2D eigenvalue weighted by Crippen LogP contribution is 2.35. The number of primary amides is 1. The van der Waals surface area contributed by atoms with Crippen molar-refractivity contribution in [2.45, 2.75) is 45.8 Å². The van der Waals surface area contributed by atoms with Crippen molar-refractivity contribution in [1.29, 1.82) is 0 Å². The Balaban J connectivity index is 1.83. The zero-order chi connectivity index (χ0) is 28.1. The maximum atomic E-state index is 14.2. The van der Waals surface area contributed by atoms with Crippen molar-refractivity contribution in [2.75, 3.05) is 30.4 Å². The number of carbonyl (C=O) groups is 3. The number of nitrogen functional groups attached to an aromatic ring is 1.